The van der Waals surface area contributed by atoms with Gasteiger partial charge in [0.15, 0.2) is 0 Å². The molecule has 80 valence electrons. The third-order valence-corrected chi connectivity index (χ3v) is 2.53. The topological polar surface area (TPSA) is 55.2 Å². The summed E-state index contributed by atoms with van der Waals surface area (Å²) in [5.41, 5.74) is -0.231. The molecule has 0 saturated carbocycles. The van der Waals surface area contributed by atoms with E-state index in [0.717, 1.165) is 25.9 Å². The zero-order chi connectivity index (χ0) is 10.7. The van der Waals surface area contributed by atoms with Crippen molar-refractivity contribution in [1.82, 2.24) is 14.7 Å². The Morgan fingerprint density at radius 3 is 2.80 bits per heavy atom. The number of hydrogen-bond donors (Lipinski definition) is 0. The summed E-state index contributed by atoms with van der Waals surface area (Å²) in [5.74, 6) is -0.0201. The van der Waals surface area contributed by atoms with Crippen LogP contribution < -0.4 is 5.56 Å². The molecule has 1 fully saturated rings. The second-order valence-corrected chi connectivity index (χ2v) is 3.61. The molecule has 15 heavy (non-hydrogen) atoms. The fourth-order valence-electron chi connectivity index (χ4n) is 1.70. The maximum absolute atomic E-state index is 11.7. The molecule has 5 heteroatoms. The number of carbonyl (C=O) groups excluding carboxylic acids is 1. The summed E-state index contributed by atoms with van der Waals surface area (Å²) in [7, 11) is 0. The highest BCUT2D eigenvalue weighted by molar-refractivity contribution is 5.76. The van der Waals surface area contributed by atoms with E-state index in [0.29, 0.717) is 0 Å². The van der Waals surface area contributed by atoms with Crippen LogP contribution in [0, 0.1) is 0 Å². The predicted octanol–water partition coefficient (Wildman–Crippen LogP) is -0.134. The van der Waals surface area contributed by atoms with E-state index in [1.807, 2.05) is 0 Å². The molecule has 1 aromatic heterocycles. The quantitative estimate of drug-likeness (QED) is 0.678. The number of nitrogens with zero attached hydrogens (tertiary/aromatic N) is 3. The number of amides is 1. The van der Waals surface area contributed by atoms with Crippen LogP contribution in [0.2, 0.25) is 0 Å². The molecule has 0 aliphatic carbocycles. The van der Waals surface area contributed by atoms with Gasteiger partial charge in [0.05, 0.1) is 0 Å². The van der Waals surface area contributed by atoms with E-state index in [4.69, 9.17) is 0 Å². The highest BCUT2D eigenvalue weighted by Gasteiger charge is 2.18. The lowest BCUT2D eigenvalue weighted by Crippen LogP contribution is -2.35. The highest BCUT2D eigenvalue weighted by atomic mass is 16.2. The molecule has 5 nitrogen and oxygen atoms in total. The maximum Gasteiger partial charge on any atom is 0.267 e. The zero-order valence-electron chi connectivity index (χ0n) is 8.43. The number of carbonyl (C=O) groups is 1. The van der Waals surface area contributed by atoms with Gasteiger partial charge in [-0.25, -0.2) is 4.68 Å². The molecular formula is C10H13N3O2. The van der Waals surface area contributed by atoms with Crippen molar-refractivity contribution in [1.29, 1.82) is 0 Å². The van der Waals surface area contributed by atoms with Crippen LogP contribution in [0.1, 0.15) is 12.8 Å². The van der Waals surface area contributed by atoms with Gasteiger partial charge in [-0.15, -0.1) is 0 Å². The second kappa shape index (κ2) is 4.25. The van der Waals surface area contributed by atoms with Gasteiger partial charge in [0.2, 0.25) is 5.91 Å². The lowest BCUT2D eigenvalue weighted by Gasteiger charge is -2.14. The first kappa shape index (κ1) is 9.89. The van der Waals surface area contributed by atoms with Crippen LogP contribution in [0.15, 0.2) is 23.1 Å². The third-order valence-electron chi connectivity index (χ3n) is 2.53. The molecule has 1 amide bonds. The molecule has 0 bridgehead atoms. The van der Waals surface area contributed by atoms with Crippen molar-refractivity contribution in [2.75, 3.05) is 13.1 Å². The Bertz CT molecular complexity index is 407. The fourth-order valence-corrected chi connectivity index (χ4v) is 1.70. The van der Waals surface area contributed by atoms with Crippen molar-refractivity contribution in [2.24, 2.45) is 0 Å². The molecule has 0 N–H and O–H groups in total. The number of aromatic nitrogens is 2. The van der Waals surface area contributed by atoms with Crippen molar-refractivity contribution >= 4 is 5.91 Å². The summed E-state index contributed by atoms with van der Waals surface area (Å²) in [6, 6.07) is 2.98. The first-order chi connectivity index (χ1) is 7.27. The van der Waals surface area contributed by atoms with Crippen molar-refractivity contribution in [3.05, 3.63) is 28.7 Å². The Kier molecular flexibility index (Phi) is 2.80. The summed E-state index contributed by atoms with van der Waals surface area (Å²) in [5, 5.41) is 3.85. The molecule has 0 spiro atoms. The lowest BCUT2D eigenvalue weighted by atomic mass is 10.4. The van der Waals surface area contributed by atoms with Crippen LogP contribution in [-0.2, 0) is 11.3 Å². The summed E-state index contributed by atoms with van der Waals surface area (Å²) < 4.78 is 1.20. The maximum atomic E-state index is 11.7. The summed E-state index contributed by atoms with van der Waals surface area (Å²) >= 11 is 0. The Balaban J connectivity index is 2.05. The van der Waals surface area contributed by atoms with Crippen LogP contribution >= 0.6 is 0 Å². The minimum atomic E-state index is -0.231. The summed E-state index contributed by atoms with van der Waals surface area (Å²) in [6.07, 6.45) is 3.63. The fraction of sp³-hybridized carbons (Fsp3) is 0.500. The zero-order valence-corrected chi connectivity index (χ0v) is 8.43. The molecule has 2 heterocycles. The van der Waals surface area contributed by atoms with Gasteiger partial charge in [0.25, 0.3) is 5.56 Å². The van der Waals surface area contributed by atoms with Crippen LogP contribution in [-0.4, -0.2) is 33.7 Å². The third kappa shape index (κ3) is 2.23. The van der Waals surface area contributed by atoms with Gasteiger partial charge >= 0.3 is 0 Å². The van der Waals surface area contributed by atoms with Gasteiger partial charge in [0, 0.05) is 25.4 Å². The van der Waals surface area contributed by atoms with Gasteiger partial charge in [-0.05, 0) is 18.9 Å². The minimum absolute atomic E-state index is 0.0201. The smallest absolute Gasteiger partial charge is 0.267 e. The van der Waals surface area contributed by atoms with Crippen LogP contribution in [0.4, 0.5) is 0 Å². The van der Waals surface area contributed by atoms with E-state index in [9.17, 15) is 9.59 Å². The molecule has 1 aliphatic rings. The molecular weight excluding hydrogens is 194 g/mol. The largest absolute Gasteiger partial charge is 0.341 e. The molecule has 1 aliphatic heterocycles. The van der Waals surface area contributed by atoms with Gasteiger partial charge in [-0.2, -0.15) is 5.10 Å². The van der Waals surface area contributed by atoms with Crippen molar-refractivity contribution in [2.45, 2.75) is 19.4 Å². The molecule has 1 aromatic rings. The van der Waals surface area contributed by atoms with Gasteiger partial charge < -0.3 is 4.90 Å². The molecule has 2 rings (SSSR count). The molecule has 0 unspecified atom stereocenters. The van der Waals surface area contributed by atoms with Gasteiger partial charge in [-0.3, -0.25) is 9.59 Å². The summed E-state index contributed by atoms with van der Waals surface area (Å²) in [6.45, 7) is 1.67. The number of rotatable bonds is 2. The SMILES string of the molecule is O=C(Cn1ncccc1=O)N1CCCC1. The molecule has 1 saturated heterocycles. The first-order valence-corrected chi connectivity index (χ1v) is 5.07. The van der Waals surface area contributed by atoms with E-state index < -0.39 is 0 Å². The van der Waals surface area contributed by atoms with E-state index in [2.05, 4.69) is 5.10 Å². The lowest BCUT2D eigenvalue weighted by molar-refractivity contribution is -0.131. The molecule has 0 radical (unpaired) electrons. The second-order valence-electron chi connectivity index (χ2n) is 3.61. The summed E-state index contributed by atoms with van der Waals surface area (Å²) in [4.78, 5) is 24.8. The average Bonchev–Trinajstić information content (AvgIpc) is 2.74. The number of likely N-dealkylation sites (tertiary alicyclic amines) is 1. The normalized spacial score (nSPS) is 15.6. The standard InChI is InChI=1S/C10H13N3O2/c14-9-4-3-5-11-13(9)8-10(15)12-6-1-2-7-12/h3-5H,1-2,6-8H2. The van der Waals surface area contributed by atoms with E-state index in [-0.39, 0.29) is 18.0 Å². The Labute approximate surface area is 87.3 Å². The van der Waals surface area contributed by atoms with Crippen molar-refractivity contribution in [3.8, 4) is 0 Å². The predicted molar refractivity (Wildman–Crippen MR) is 54.3 cm³/mol. The van der Waals surface area contributed by atoms with Crippen molar-refractivity contribution < 1.29 is 4.79 Å². The Morgan fingerprint density at radius 2 is 2.13 bits per heavy atom. The van der Waals surface area contributed by atoms with E-state index in [1.165, 1.54) is 16.9 Å². The van der Waals surface area contributed by atoms with Gasteiger partial charge in [0.1, 0.15) is 6.54 Å². The number of hydrogen-bond acceptors (Lipinski definition) is 3. The van der Waals surface area contributed by atoms with Crippen molar-refractivity contribution in [3.63, 3.8) is 0 Å². The monoisotopic (exact) mass is 207 g/mol. The molecule has 0 atom stereocenters. The van der Waals surface area contributed by atoms with E-state index >= 15 is 0 Å². The Morgan fingerprint density at radius 1 is 1.40 bits per heavy atom. The van der Waals surface area contributed by atoms with Crippen LogP contribution in [0.3, 0.4) is 0 Å². The van der Waals surface area contributed by atoms with Gasteiger partial charge in [-0.1, -0.05) is 0 Å². The van der Waals surface area contributed by atoms with Crippen LogP contribution in [0.5, 0.6) is 0 Å². The highest BCUT2D eigenvalue weighted by Crippen LogP contribution is 2.07. The average molecular weight is 207 g/mol. The first-order valence-electron chi connectivity index (χ1n) is 5.07. The van der Waals surface area contributed by atoms with E-state index in [1.54, 1.807) is 11.0 Å². The minimum Gasteiger partial charge on any atom is -0.341 e. The Hall–Kier alpha value is -1.65. The van der Waals surface area contributed by atoms with Crippen LogP contribution in [0.25, 0.3) is 0 Å². The molecule has 0 aromatic carbocycles.